The predicted octanol–water partition coefficient (Wildman–Crippen LogP) is -0.175. The molecule has 2 N–H and O–H groups in total. The summed E-state index contributed by atoms with van der Waals surface area (Å²) in [5, 5.41) is 11.3. The normalized spacial score (nSPS) is 10.9. The molecule has 0 saturated carbocycles. The summed E-state index contributed by atoms with van der Waals surface area (Å²) in [6.45, 7) is 5.59. The number of rotatable bonds is 6. The summed E-state index contributed by atoms with van der Waals surface area (Å²) in [5.74, 6) is 0.0450. The van der Waals surface area contributed by atoms with Crippen LogP contribution >= 0.6 is 0 Å². The number of hydrogen-bond acceptors (Lipinski definition) is 3. The van der Waals surface area contributed by atoms with E-state index < -0.39 is 0 Å². The first-order chi connectivity index (χ1) is 6.11. The van der Waals surface area contributed by atoms with Crippen molar-refractivity contribution in [2.24, 2.45) is 0 Å². The van der Waals surface area contributed by atoms with Gasteiger partial charge in [-0.3, -0.25) is 9.69 Å². The zero-order valence-electron chi connectivity index (χ0n) is 8.71. The Morgan fingerprint density at radius 3 is 2.46 bits per heavy atom. The summed E-state index contributed by atoms with van der Waals surface area (Å²) >= 11 is 0. The summed E-state index contributed by atoms with van der Waals surface area (Å²) in [6.07, 6.45) is 0.495. The minimum Gasteiger partial charge on any atom is -0.395 e. The summed E-state index contributed by atoms with van der Waals surface area (Å²) in [5.41, 5.74) is 0. The molecule has 0 rings (SSSR count). The summed E-state index contributed by atoms with van der Waals surface area (Å²) in [6, 6.07) is 0.372. The fourth-order valence-corrected chi connectivity index (χ4v) is 1.13. The minimum atomic E-state index is 0.0450. The third-order valence-electron chi connectivity index (χ3n) is 2.02. The van der Waals surface area contributed by atoms with Crippen LogP contribution in [-0.2, 0) is 4.79 Å². The Kier molecular flexibility index (Phi) is 6.54. The van der Waals surface area contributed by atoms with Crippen molar-refractivity contribution >= 4 is 5.91 Å². The van der Waals surface area contributed by atoms with E-state index >= 15 is 0 Å². The van der Waals surface area contributed by atoms with Gasteiger partial charge in [-0.15, -0.1) is 0 Å². The van der Waals surface area contributed by atoms with Gasteiger partial charge in [0.2, 0.25) is 5.91 Å². The quantitative estimate of drug-likeness (QED) is 0.608. The molecule has 4 nitrogen and oxygen atoms in total. The lowest BCUT2D eigenvalue weighted by atomic mass is 10.3. The molecule has 0 spiro atoms. The first-order valence-corrected chi connectivity index (χ1v) is 4.67. The van der Waals surface area contributed by atoms with Gasteiger partial charge in [0.15, 0.2) is 0 Å². The SMILES string of the molecule is CNC(=O)CCN(CCO)C(C)C. The van der Waals surface area contributed by atoms with Crippen molar-refractivity contribution in [3.05, 3.63) is 0 Å². The van der Waals surface area contributed by atoms with Gasteiger partial charge in [-0.2, -0.15) is 0 Å². The van der Waals surface area contributed by atoms with E-state index in [1.165, 1.54) is 0 Å². The number of nitrogens with one attached hydrogen (secondary N) is 1. The van der Waals surface area contributed by atoms with Gasteiger partial charge in [0.05, 0.1) is 6.61 Å². The lowest BCUT2D eigenvalue weighted by Crippen LogP contribution is -2.36. The van der Waals surface area contributed by atoms with Crippen LogP contribution in [0.2, 0.25) is 0 Å². The van der Waals surface area contributed by atoms with Crippen LogP contribution in [0, 0.1) is 0 Å². The van der Waals surface area contributed by atoms with Crippen LogP contribution in [0.1, 0.15) is 20.3 Å². The summed E-state index contributed by atoms with van der Waals surface area (Å²) in [7, 11) is 1.63. The van der Waals surface area contributed by atoms with Crippen molar-refractivity contribution in [2.45, 2.75) is 26.3 Å². The standard InChI is InChI=1S/C9H20N2O2/c1-8(2)11(6-7-12)5-4-9(13)10-3/h8,12H,4-7H2,1-3H3,(H,10,13). The molecule has 0 unspecified atom stereocenters. The van der Waals surface area contributed by atoms with E-state index in [0.717, 1.165) is 0 Å². The van der Waals surface area contributed by atoms with E-state index in [2.05, 4.69) is 24.1 Å². The molecule has 0 bridgehead atoms. The van der Waals surface area contributed by atoms with Gasteiger partial charge in [0.1, 0.15) is 0 Å². The van der Waals surface area contributed by atoms with Gasteiger partial charge in [-0.1, -0.05) is 0 Å². The number of aliphatic hydroxyl groups excluding tert-OH is 1. The largest absolute Gasteiger partial charge is 0.395 e. The number of carbonyl (C=O) groups excluding carboxylic acids is 1. The maximum Gasteiger partial charge on any atom is 0.221 e. The number of carbonyl (C=O) groups is 1. The zero-order chi connectivity index (χ0) is 10.3. The van der Waals surface area contributed by atoms with Crippen LogP contribution in [0.25, 0.3) is 0 Å². The Morgan fingerprint density at radius 2 is 2.08 bits per heavy atom. The molecule has 0 radical (unpaired) electrons. The van der Waals surface area contributed by atoms with Crippen LogP contribution in [0.3, 0.4) is 0 Å². The molecular formula is C9H20N2O2. The van der Waals surface area contributed by atoms with E-state index in [-0.39, 0.29) is 12.5 Å². The van der Waals surface area contributed by atoms with E-state index in [1.54, 1.807) is 7.05 Å². The Hall–Kier alpha value is -0.610. The minimum absolute atomic E-state index is 0.0450. The second kappa shape index (κ2) is 6.86. The molecule has 0 aromatic heterocycles. The van der Waals surface area contributed by atoms with Crippen molar-refractivity contribution in [1.82, 2.24) is 10.2 Å². The molecule has 13 heavy (non-hydrogen) atoms. The molecule has 0 aliphatic carbocycles. The molecule has 4 heteroatoms. The Morgan fingerprint density at radius 1 is 1.46 bits per heavy atom. The van der Waals surface area contributed by atoms with Crippen molar-refractivity contribution < 1.29 is 9.90 Å². The van der Waals surface area contributed by atoms with Crippen molar-refractivity contribution in [3.8, 4) is 0 Å². The predicted molar refractivity (Wildman–Crippen MR) is 52.5 cm³/mol. The van der Waals surface area contributed by atoms with Gasteiger partial charge in [-0.25, -0.2) is 0 Å². The lowest BCUT2D eigenvalue weighted by molar-refractivity contribution is -0.121. The fraction of sp³-hybridized carbons (Fsp3) is 0.889. The molecule has 0 saturated heterocycles. The number of nitrogens with zero attached hydrogens (tertiary/aromatic N) is 1. The molecule has 0 heterocycles. The maximum atomic E-state index is 10.9. The fourth-order valence-electron chi connectivity index (χ4n) is 1.13. The molecule has 0 atom stereocenters. The molecular weight excluding hydrogens is 168 g/mol. The Labute approximate surface area is 79.9 Å². The highest BCUT2D eigenvalue weighted by atomic mass is 16.3. The third-order valence-corrected chi connectivity index (χ3v) is 2.02. The smallest absolute Gasteiger partial charge is 0.221 e. The molecule has 0 aromatic rings. The summed E-state index contributed by atoms with van der Waals surface area (Å²) in [4.78, 5) is 13.0. The highest BCUT2D eigenvalue weighted by Gasteiger charge is 2.09. The van der Waals surface area contributed by atoms with Crippen LogP contribution in [0.4, 0.5) is 0 Å². The summed E-state index contributed by atoms with van der Waals surface area (Å²) < 4.78 is 0. The van der Waals surface area contributed by atoms with Gasteiger partial charge >= 0.3 is 0 Å². The molecule has 1 amide bonds. The van der Waals surface area contributed by atoms with Crippen molar-refractivity contribution in [1.29, 1.82) is 0 Å². The van der Waals surface area contributed by atoms with Gasteiger partial charge in [0.25, 0.3) is 0 Å². The van der Waals surface area contributed by atoms with Crippen molar-refractivity contribution in [2.75, 3.05) is 26.7 Å². The van der Waals surface area contributed by atoms with Gasteiger partial charge in [-0.05, 0) is 13.8 Å². The van der Waals surface area contributed by atoms with Crippen LogP contribution in [-0.4, -0.2) is 48.7 Å². The number of aliphatic hydroxyl groups is 1. The third kappa shape index (κ3) is 5.60. The monoisotopic (exact) mass is 188 g/mol. The van der Waals surface area contributed by atoms with Gasteiger partial charge in [0, 0.05) is 32.6 Å². The zero-order valence-corrected chi connectivity index (χ0v) is 8.71. The first kappa shape index (κ1) is 12.4. The van der Waals surface area contributed by atoms with E-state index in [4.69, 9.17) is 5.11 Å². The van der Waals surface area contributed by atoms with E-state index in [9.17, 15) is 4.79 Å². The Bertz CT molecular complexity index is 149. The average molecular weight is 188 g/mol. The topological polar surface area (TPSA) is 52.6 Å². The second-order valence-electron chi connectivity index (χ2n) is 3.28. The molecule has 78 valence electrons. The van der Waals surface area contributed by atoms with Crippen LogP contribution < -0.4 is 5.32 Å². The molecule has 0 aliphatic rings. The van der Waals surface area contributed by atoms with Crippen molar-refractivity contribution in [3.63, 3.8) is 0 Å². The first-order valence-electron chi connectivity index (χ1n) is 4.67. The van der Waals surface area contributed by atoms with Gasteiger partial charge < -0.3 is 10.4 Å². The van der Waals surface area contributed by atoms with Crippen LogP contribution in [0.15, 0.2) is 0 Å². The number of amides is 1. The lowest BCUT2D eigenvalue weighted by Gasteiger charge is -2.24. The van der Waals surface area contributed by atoms with E-state index in [1.807, 2.05) is 0 Å². The van der Waals surface area contributed by atoms with E-state index in [0.29, 0.717) is 25.6 Å². The Balaban J connectivity index is 3.75. The average Bonchev–Trinajstić information content (AvgIpc) is 2.11. The second-order valence-corrected chi connectivity index (χ2v) is 3.28. The molecule has 0 fully saturated rings. The molecule has 0 aromatic carbocycles. The highest BCUT2D eigenvalue weighted by Crippen LogP contribution is 1.98. The maximum absolute atomic E-state index is 10.9. The van der Waals surface area contributed by atoms with Crippen LogP contribution in [0.5, 0.6) is 0 Å². The highest BCUT2D eigenvalue weighted by molar-refractivity contribution is 5.75. The number of hydrogen-bond donors (Lipinski definition) is 2. The molecule has 0 aliphatic heterocycles.